The Bertz CT molecular complexity index is 426. The number of carbonyl (C=O) groups is 1. The molecule has 0 radical (unpaired) electrons. The minimum atomic E-state index is 0.161. The van der Waals surface area contributed by atoms with Crippen LogP contribution in [0.1, 0.15) is 18.9 Å². The van der Waals surface area contributed by atoms with Gasteiger partial charge in [-0.05, 0) is 12.8 Å². The van der Waals surface area contributed by atoms with E-state index >= 15 is 0 Å². The van der Waals surface area contributed by atoms with Crippen LogP contribution in [0.4, 0.5) is 0 Å². The molecule has 0 N–H and O–H groups in total. The summed E-state index contributed by atoms with van der Waals surface area (Å²) in [5.41, 5.74) is 0. The molecule has 1 aromatic heterocycles. The van der Waals surface area contributed by atoms with Crippen LogP contribution >= 0.6 is 11.8 Å². The molecule has 1 saturated heterocycles. The van der Waals surface area contributed by atoms with Crippen LogP contribution in [0.25, 0.3) is 0 Å². The summed E-state index contributed by atoms with van der Waals surface area (Å²) in [7, 11) is 0. The fourth-order valence-corrected chi connectivity index (χ4v) is 2.85. The predicted octanol–water partition coefficient (Wildman–Crippen LogP) is 0.564. The quantitative estimate of drug-likeness (QED) is 0.747. The van der Waals surface area contributed by atoms with E-state index < -0.39 is 0 Å². The molecule has 2 heterocycles. The molecule has 0 unspecified atom stereocenters. The summed E-state index contributed by atoms with van der Waals surface area (Å²) in [4.78, 5) is 13.8. The number of rotatable bonds is 4. The zero-order valence-electron chi connectivity index (χ0n) is 10.1. The largest absolute Gasteiger partial charge is 0.378 e. The molecule has 98 valence electrons. The first kappa shape index (κ1) is 12.0. The highest BCUT2D eigenvalue weighted by atomic mass is 32.2. The van der Waals surface area contributed by atoms with E-state index in [9.17, 15) is 4.79 Å². The molecule has 3 rings (SSSR count). The fourth-order valence-electron chi connectivity index (χ4n) is 1.97. The highest BCUT2D eigenvalue weighted by Crippen LogP contribution is 2.37. The van der Waals surface area contributed by atoms with Crippen molar-refractivity contribution in [3.05, 3.63) is 6.33 Å². The summed E-state index contributed by atoms with van der Waals surface area (Å²) in [5.74, 6) is 0.597. The Morgan fingerprint density at radius 2 is 2.22 bits per heavy atom. The van der Waals surface area contributed by atoms with Gasteiger partial charge in [0.25, 0.3) is 0 Å². The number of ether oxygens (including phenoxy) is 1. The Labute approximate surface area is 110 Å². The number of amides is 1. The first-order valence-corrected chi connectivity index (χ1v) is 7.21. The van der Waals surface area contributed by atoms with Crippen molar-refractivity contribution >= 4 is 17.7 Å². The molecular weight excluding hydrogens is 252 g/mol. The molecule has 6 nitrogen and oxygen atoms in total. The zero-order chi connectivity index (χ0) is 12.4. The second-order valence-corrected chi connectivity index (χ2v) is 5.48. The van der Waals surface area contributed by atoms with Gasteiger partial charge in [0.05, 0.1) is 19.0 Å². The summed E-state index contributed by atoms with van der Waals surface area (Å²) >= 11 is 1.48. The van der Waals surface area contributed by atoms with Crippen molar-refractivity contribution in [1.29, 1.82) is 0 Å². The summed E-state index contributed by atoms with van der Waals surface area (Å²) < 4.78 is 7.31. The lowest BCUT2D eigenvalue weighted by Gasteiger charge is -2.26. The molecule has 1 aromatic rings. The third-order valence-electron chi connectivity index (χ3n) is 3.17. The van der Waals surface area contributed by atoms with E-state index in [1.807, 2.05) is 4.90 Å². The molecular formula is C11H16N4O2S. The van der Waals surface area contributed by atoms with Crippen molar-refractivity contribution in [2.75, 3.05) is 32.1 Å². The highest BCUT2D eigenvalue weighted by Gasteiger charge is 2.26. The van der Waals surface area contributed by atoms with Gasteiger partial charge < -0.3 is 14.2 Å². The molecule has 18 heavy (non-hydrogen) atoms. The number of nitrogens with zero attached hydrogens (tertiary/aromatic N) is 4. The topological polar surface area (TPSA) is 60.2 Å². The van der Waals surface area contributed by atoms with Crippen LogP contribution in [0.3, 0.4) is 0 Å². The Balaban J connectivity index is 1.53. The molecule has 0 spiro atoms. The lowest BCUT2D eigenvalue weighted by atomic mass is 10.4. The van der Waals surface area contributed by atoms with Crippen LogP contribution in [0.2, 0.25) is 0 Å². The fraction of sp³-hybridized carbons (Fsp3) is 0.727. The molecule has 1 saturated carbocycles. The van der Waals surface area contributed by atoms with Crippen LogP contribution in [-0.2, 0) is 9.53 Å². The number of thioether (sulfide) groups is 1. The van der Waals surface area contributed by atoms with E-state index in [1.54, 1.807) is 6.33 Å². The third kappa shape index (κ3) is 2.67. The van der Waals surface area contributed by atoms with Crippen LogP contribution in [-0.4, -0.2) is 57.6 Å². The van der Waals surface area contributed by atoms with Crippen molar-refractivity contribution in [3.8, 4) is 0 Å². The molecule has 0 atom stereocenters. The van der Waals surface area contributed by atoms with Gasteiger partial charge in [-0.1, -0.05) is 11.8 Å². The molecule has 1 aliphatic carbocycles. The van der Waals surface area contributed by atoms with Crippen LogP contribution in [0.15, 0.2) is 11.5 Å². The standard InChI is InChI=1S/C11H16N4O2S/c16-10(14-3-5-17-6-4-14)7-18-11-13-12-8-15(11)9-1-2-9/h8-9H,1-7H2. The van der Waals surface area contributed by atoms with Crippen molar-refractivity contribution in [3.63, 3.8) is 0 Å². The van der Waals surface area contributed by atoms with E-state index in [-0.39, 0.29) is 5.91 Å². The van der Waals surface area contributed by atoms with Gasteiger partial charge in [-0.15, -0.1) is 10.2 Å². The predicted molar refractivity (Wildman–Crippen MR) is 66.4 cm³/mol. The van der Waals surface area contributed by atoms with E-state index in [1.165, 1.54) is 24.6 Å². The van der Waals surface area contributed by atoms with Gasteiger partial charge in [0.2, 0.25) is 5.91 Å². The molecule has 1 aliphatic heterocycles. The van der Waals surface area contributed by atoms with Gasteiger partial charge in [0, 0.05) is 19.1 Å². The Morgan fingerprint density at radius 1 is 1.44 bits per heavy atom. The molecule has 0 bridgehead atoms. The molecule has 7 heteroatoms. The normalized spacial score (nSPS) is 20.1. The second-order valence-electron chi connectivity index (χ2n) is 4.53. The van der Waals surface area contributed by atoms with Crippen LogP contribution < -0.4 is 0 Å². The zero-order valence-corrected chi connectivity index (χ0v) is 10.9. The smallest absolute Gasteiger partial charge is 0.233 e. The first-order chi connectivity index (χ1) is 8.84. The van der Waals surface area contributed by atoms with Gasteiger partial charge in [-0.25, -0.2) is 0 Å². The Kier molecular flexibility index (Phi) is 3.51. The van der Waals surface area contributed by atoms with Crippen LogP contribution in [0, 0.1) is 0 Å². The Morgan fingerprint density at radius 3 is 2.94 bits per heavy atom. The average molecular weight is 268 g/mol. The summed E-state index contributed by atoms with van der Waals surface area (Å²) in [6.07, 6.45) is 4.16. The molecule has 2 fully saturated rings. The minimum absolute atomic E-state index is 0.161. The van der Waals surface area contributed by atoms with Crippen LogP contribution in [0.5, 0.6) is 0 Å². The number of carbonyl (C=O) groups excluding carboxylic acids is 1. The number of hydrogen-bond donors (Lipinski definition) is 0. The van der Waals surface area contributed by atoms with E-state index in [2.05, 4.69) is 14.8 Å². The Hall–Kier alpha value is -1.08. The first-order valence-electron chi connectivity index (χ1n) is 6.22. The number of hydrogen-bond acceptors (Lipinski definition) is 5. The summed E-state index contributed by atoms with van der Waals surface area (Å²) in [6.45, 7) is 2.70. The average Bonchev–Trinajstić information content (AvgIpc) is 3.16. The maximum absolute atomic E-state index is 12.0. The lowest BCUT2D eigenvalue weighted by molar-refractivity contribution is -0.132. The third-order valence-corrected chi connectivity index (χ3v) is 4.11. The SMILES string of the molecule is O=C(CSc1nncn1C1CC1)N1CCOCC1. The van der Waals surface area contributed by atoms with E-state index in [0.29, 0.717) is 38.1 Å². The minimum Gasteiger partial charge on any atom is -0.378 e. The maximum Gasteiger partial charge on any atom is 0.233 e. The molecule has 1 amide bonds. The van der Waals surface area contributed by atoms with E-state index in [4.69, 9.17) is 4.74 Å². The number of morpholine rings is 1. The molecule has 0 aromatic carbocycles. The van der Waals surface area contributed by atoms with Gasteiger partial charge in [-0.3, -0.25) is 4.79 Å². The van der Waals surface area contributed by atoms with Crippen molar-refractivity contribution in [2.45, 2.75) is 24.0 Å². The van der Waals surface area contributed by atoms with E-state index in [0.717, 1.165) is 5.16 Å². The maximum atomic E-state index is 12.0. The van der Waals surface area contributed by atoms with Gasteiger partial charge in [0.15, 0.2) is 5.16 Å². The van der Waals surface area contributed by atoms with Gasteiger partial charge in [-0.2, -0.15) is 0 Å². The number of aromatic nitrogens is 3. The van der Waals surface area contributed by atoms with Gasteiger partial charge in [0.1, 0.15) is 6.33 Å². The highest BCUT2D eigenvalue weighted by molar-refractivity contribution is 7.99. The van der Waals surface area contributed by atoms with Crippen molar-refractivity contribution < 1.29 is 9.53 Å². The monoisotopic (exact) mass is 268 g/mol. The lowest BCUT2D eigenvalue weighted by Crippen LogP contribution is -2.41. The summed E-state index contributed by atoms with van der Waals surface area (Å²) in [6, 6.07) is 0.556. The second kappa shape index (κ2) is 5.27. The van der Waals surface area contributed by atoms with Crippen molar-refractivity contribution in [1.82, 2.24) is 19.7 Å². The molecule has 2 aliphatic rings. The summed E-state index contributed by atoms with van der Waals surface area (Å²) in [5, 5.41) is 8.86. The van der Waals surface area contributed by atoms with Gasteiger partial charge >= 0.3 is 0 Å². The van der Waals surface area contributed by atoms with Crippen molar-refractivity contribution in [2.24, 2.45) is 0 Å².